The zero-order chi connectivity index (χ0) is 16.4. The number of benzene rings is 2. The van der Waals surface area contributed by atoms with Crippen LogP contribution in [-0.4, -0.2) is 29.4 Å². The number of ether oxygens (including phenoxy) is 2. The van der Waals surface area contributed by atoms with Crippen molar-refractivity contribution in [2.45, 2.75) is 6.61 Å². The molecule has 3 aromatic rings. The van der Waals surface area contributed by atoms with Crippen molar-refractivity contribution >= 4 is 38.6 Å². The smallest absolute Gasteiger partial charge is 0.161 e. The van der Waals surface area contributed by atoms with Gasteiger partial charge in [-0.3, -0.25) is 0 Å². The molecule has 0 fully saturated rings. The minimum atomic E-state index is 0.270. The topological polar surface area (TPSA) is 58.4 Å². The molecule has 6 nitrogen and oxygen atoms in total. The van der Waals surface area contributed by atoms with E-state index in [2.05, 4.69) is 26.2 Å². The maximum Gasteiger partial charge on any atom is 0.161 e. The maximum atomic E-state index is 6.00. The molecule has 0 amide bonds. The Hall–Kier alpha value is -1.99. The number of halogens is 2. The zero-order valence-electron chi connectivity index (χ0n) is 12.4. The molecule has 0 spiro atoms. The average Bonchev–Trinajstić information content (AvgIpc) is 2.95. The molecule has 0 aliphatic rings. The lowest BCUT2D eigenvalue weighted by atomic mass is 10.2. The normalized spacial score (nSPS) is 10.8. The molecule has 0 radical (unpaired) electrons. The lowest BCUT2D eigenvalue weighted by Gasteiger charge is -2.12. The molecule has 120 valence electrons. The molecule has 2 aromatic carbocycles. The molecular weight excluding hydrogens is 386 g/mol. The third-order valence-electron chi connectivity index (χ3n) is 3.27. The molecule has 0 N–H and O–H groups in total. The number of methoxy groups -OCH3 is 2. The number of nitrogens with zero attached hydrogens (tertiary/aromatic N) is 3. The Morgan fingerprint density at radius 3 is 2.61 bits per heavy atom. The number of aromatic nitrogens is 3. The summed E-state index contributed by atoms with van der Waals surface area (Å²) in [4.78, 5) is 7.06. The van der Waals surface area contributed by atoms with E-state index in [1.54, 1.807) is 32.4 Å². The summed E-state index contributed by atoms with van der Waals surface area (Å²) in [5.74, 6) is 1.27. The molecule has 0 bridgehead atoms. The summed E-state index contributed by atoms with van der Waals surface area (Å²) in [5, 5.41) is 8.59. The van der Waals surface area contributed by atoms with Gasteiger partial charge in [-0.1, -0.05) is 32.4 Å². The summed E-state index contributed by atoms with van der Waals surface area (Å²) >= 11 is 9.50. The summed E-state index contributed by atoms with van der Waals surface area (Å²) in [5.41, 5.74) is 2.29. The van der Waals surface area contributed by atoms with Crippen molar-refractivity contribution in [2.24, 2.45) is 0 Å². The van der Waals surface area contributed by atoms with E-state index < -0.39 is 0 Å². The second kappa shape index (κ2) is 6.64. The highest BCUT2D eigenvalue weighted by molar-refractivity contribution is 9.10. The minimum absolute atomic E-state index is 0.270. The van der Waals surface area contributed by atoms with Crippen molar-refractivity contribution in [1.29, 1.82) is 0 Å². The summed E-state index contributed by atoms with van der Waals surface area (Å²) in [6.45, 7) is 0.270. The monoisotopic (exact) mass is 397 g/mol. The van der Waals surface area contributed by atoms with Gasteiger partial charge in [0, 0.05) is 15.1 Å². The molecule has 8 heteroatoms. The van der Waals surface area contributed by atoms with Gasteiger partial charge in [0.1, 0.15) is 17.6 Å². The van der Waals surface area contributed by atoms with Crippen molar-refractivity contribution in [3.8, 4) is 11.5 Å². The molecular formula is C15H13BrClN3O3. The number of hydrogen-bond acceptors (Lipinski definition) is 5. The van der Waals surface area contributed by atoms with Gasteiger partial charge in [-0.05, 0) is 35.5 Å². The van der Waals surface area contributed by atoms with Gasteiger partial charge in [0.05, 0.1) is 14.2 Å². The van der Waals surface area contributed by atoms with E-state index in [0.717, 1.165) is 10.0 Å². The number of fused-ring (bicyclic) bond motifs is 1. The second-order valence-electron chi connectivity index (χ2n) is 4.67. The Bertz CT molecular complexity index is 853. The van der Waals surface area contributed by atoms with E-state index in [0.29, 0.717) is 27.6 Å². The Morgan fingerprint density at radius 2 is 1.87 bits per heavy atom. The van der Waals surface area contributed by atoms with Crippen LogP contribution in [0.2, 0.25) is 5.02 Å². The third-order valence-corrected chi connectivity index (χ3v) is 4.25. The highest BCUT2D eigenvalue weighted by atomic mass is 79.9. The molecule has 0 unspecified atom stereocenters. The van der Waals surface area contributed by atoms with Gasteiger partial charge in [-0.2, -0.15) is 0 Å². The second-order valence-corrected chi connectivity index (χ2v) is 5.96. The molecule has 0 atom stereocenters. The van der Waals surface area contributed by atoms with E-state index in [-0.39, 0.29) is 6.61 Å². The van der Waals surface area contributed by atoms with E-state index in [9.17, 15) is 0 Å². The van der Waals surface area contributed by atoms with Crippen LogP contribution in [0.5, 0.6) is 11.5 Å². The van der Waals surface area contributed by atoms with Crippen LogP contribution in [0.3, 0.4) is 0 Å². The van der Waals surface area contributed by atoms with E-state index in [1.807, 2.05) is 12.1 Å². The van der Waals surface area contributed by atoms with Crippen molar-refractivity contribution in [1.82, 2.24) is 15.2 Å². The summed E-state index contributed by atoms with van der Waals surface area (Å²) < 4.78 is 11.4. The predicted molar refractivity (Wildman–Crippen MR) is 90.1 cm³/mol. The number of hydrogen-bond donors (Lipinski definition) is 0. The molecule has 3 rings (SSSR count). The first-order valence-corrected chi connectivity index (χ1v) is 7.84. The Kier molecular flexibility index (Phi) is 4.58. The van der Waals surface area contributed by atoms with Crippen LogP contribution in [0.4, 0.5) is 0 Å². The quantitative estimate of drug-likeness (QED) is 0.658. The largest absolute Gasteiger partial charge is 0.493 e. The van der Waals surface area contributed by atoms with E-state index in [4.69, 9.17) is 25.9 Å². The molecule has 1 aromatic heterocycles. The van der Waals surface area contributed by atoms with Crippen LogP contribution >= 0.6 is 27.5 Å². The fourth-order valence-electron chi connectivity index (χ4n) is 2.10. The predicted octanol–water partition coefficient (Wildman–Crippen LogP) is 3.49. The summed E-state index contributed by atoms with van der Waals surface area (Å²) in [6, 6.07) is 8.97. The number of rotatable bonds is 5. The first-order valence-electron chi connectivity index (χ1n) is 6.67. The molecule has 0 saturated heterocycles. The van der Waals surface area contributed by atoms with Crippen LogP contribution in [-0.2, 0) is 6.61 Å². The standard InChI is InChI=1S/C15H13BrClN3O3/c1-21-14-5-9(11(16)7-15(14)22-2)8-23-20-13-6-10(17)3-4-12(13)18-19-20/h3-7H,8H2,1-2H3. The lowest BCUT2D eigenvalue weighted by Crippen LogP contribution is -2.13. The van der Waals surface area contributed by atoms with Gasteiger partial charge in [0.2, 0.25) is 0 Å². The van der Waals surface area contributed by atoms with E-state index >= 15 is 0 Å². The Labute approximate surface area is 146 Å². The fraction of sp³-hybridized carbons (Fsp3) is 0.200. The molecule has 0 saturated carbocycles. The highest BCUT2D eigenvalue weighted by Crippen LogP contribution is 2.33. The average molecular weight is 399 g/mol. The van der Waals surface area contributed by atoms with Crippen LogP contribution < -0.4 is 14.3 Å². The fourth-order valence-corrected chi connectivity index (χ4v) is 2.71. The van der Waals surface area contributed by atoms with Gasteiger partial charge >= 0.3 is 0 Å². The molecule has 23 heavy (non-hydrogen) atoms. The Morgan fingerprint density at radius 1 is 1.13 bits per heavy atom. The SMILES string of the molecule is COc1cc(Br)c(COn2nnc3ccc(Cl)cc32)cc1OC. The van der Waals surface area contributed by atoms with E-state index in [1.165, 1.54) is 4.85 Å². The van der Waals surface area contributed by atoms with Crippen molar-refractivity contribution in [3.05, 3.63) is 45.4 Å². The van der Waals surface area contributed by atoms with Crippen LogP contribution in [0.1, 0.15) is 5.56 Å². The molecule has 1 heterocycles. The highest BCUT2D eigenvalue weighted by Gasteiger charge is 2.12. The summed E-state index contributed by atoms with van der Waals surface area (Å²) in [6.07, 6.45) is 0. The Balaban J connectivity index is 1.86. The van der Waals surface area contributed by atoms with Crippen LogP contribution in [0, 0.1) is 0 Å². The first kappa shape index (κ1) is 15.9. The summed E-state index contributed by atoms with van der Waals surface area (Å²) in [7, 11) is 3.18. The van der Waals surface area contributed by atoms with Gasteiger partial charge in [-0.15, -0.1) is 5.10 Å². The van der Waals surface area contributed by atoms with Crippen molar-refractivity contribution < 1.29 is 14.3 Å². The zero-order valence-corrected chi connectivity index (χ0v) is 14.8. The van der Waals surface area contributed by atoms with Gasteiger partial charge in [0.25, 0.3) is 0 Å². The van der Waals surface area contributed by atoms with Gasteiger partial charge in [-0.25, -0.2) is 0 Å². The molecule has 0 aliphatic heterocycles. The van der Waals surface area contributed by atoms with Crippen LogP contribution in [0.25, 0.3) is 11.0 Å². The van der Waals surface area contributed by atoms with Crippen molar-refractivity contribution in [3.63, 3.8) is 0 Å². The first-order chi connectivity index (χ1) is 11.1. The van der Waals surface area contributed by atoms with Gasteiger partial charge < -0.3 is 14.3 Å². The minimum Gasteiger partial charge on any atom is -0.493 e. The van der Waals surface area contributed by atoms with Crippen LogP contribution in [0.15, 0.2) is 34.8 Å². The molecule has 0 aliphatic carbocycles. The lowest BCUT2D eigenvalue weighted by molar-refractivity contribution is 0.0747. The maximum absolute atomic E-state index is 6.00. The van der Waals surface area contributed by atoms with Gasteiger partial charge in [0.15, 0.2) is 11.5 Å². The van der Waals surface area contributed by atoms with Crippen molar-refractivity contribution in [2.75, 3.05) is 14.2 Å². The third kappa shape index (κ3) is 3.20.